The van der Waals surface area contributed by atoms with E-state index < -0.39 is 0 Å². The van der Waals surface area contributed by atoms with Gasteiger partial charge in [0.1, 0.15) is 23.8 Å². The van der Waals surface area contributed by atoms with Crippen molar-refractivity contribution in [2.45, 2.75) is 65.6 Å². The molecule has 3 aliphatic rings. The Balaban J connectivity index is 1.51. The lowest BCUT2D eigenvalue weighted by molar-refractivity contribution is -0.126. The van der Waals surface area contributed by atoms with E-state index in [0.717, 1.165) is 46.9 Å². The van der Waals surface area contributed by atoms with Crippen LogP contribution in [-0.4, -0.2) is 55.8 Å². The molecule has 1 atom stereocenters. The van der Waals surface area contributed by atoms with Crippen molar-refractivity contribution in [3.63, 3.8) is 0 Å². The second-order valence-electron chi connectivity index (χ2n) is 11.9. The fourth-order valence-electron chi connectivity index (χ4n) is 6.84. The Morgan fingerprint density at radius 3 is 2.62 bits per heavy atom. The van der Waals surface area contributed by atoms with E-state index in [1.807, 2.05) is 10.7 Å². The average molecular weight is 565 g/mol. The van der Waals surface area contributed by atoms with Crippen LogP contribution in [0.4, 0.5) is 5.82 Å². The van der Waals surface area contributed by atoms with Gasteiger partial charge in [0.05, 0.1) is 12.2 Å². The van der Waals surface area contributed by atoms with E-state index in [9.17, 15) is 9.59 Å². The number of carbonyl (C=O) groups is 1. The molecule has 1 saturated carbocycles. The van der Waals surface area contributed by atoms with Crippen LogP contribution in [0.3, 0.4) is 0 Å². The highest BCUT2D eigenvalue weighted by Crippen LogP contribution is 2.48. The summed E-state index contributed by atoms with van der Waals surface area (Å²) in [5, 5.41) is 5.50. The zero-order valence-corrected chi connectivity index (χ0v) is 24.7. The number of rotatable bonds is 4. The number of piperazine rings is 1. The van der Waals surface area contributed by atoms with Gasteiger partial charge in [-0.15, -0.1) is 0 Å². The van der Waals surface area contributed by atoms with Gasteiger partial charge in [0.15, 0.2) is 5.75 Å². The molecule has 42 heavy (non-hydrogen) atoms. The molecule has 9 nitrogen and oxygen atoms in total. The first-order chi connectivity index (χ1) is 20.3. The van der Waals surface area contributed by atoms with E-state index in [4.69, 9.17) is 9.72 Å². The van der Waals surface area contributed by atoms with Gasteiger partial charge in [-0.1, -0.05) is 18.7 Å². The minimum absolute atomic E-state index is 0.0445. The summed E-state index contributed by atoms with van der Waals surface area (Å²) >= 11 is 0. The fourth-order valence-corrected chi connectivity index (χ4v) is 6.84. The van der Waals surface area contributed by atoms with E-state index in [0.29, 0.717) is 43.6 Å². The largest absolute Gasteiger partial charge is 0.486 e. The van der Waals surface area contributed by atoms with Crippen molar-refractivity contribution in [3.8, 4) is 22.7 Å². The Kier molecular flexibility index (Phi) is 6.22. The maximum absolute atomic E-state index is 14.2. The lowest BCUT2D eigenvalue weighted by atomic mass is 9.87. The van der Waals surface area contributed by atoms with E-state index in [-0.39, 0.29) is 23.7 Å². The molecule has 2 aliphatic heterocycles. The first kappa shape index (κ1) is 26.5. The molecule has 4 aromatic rings. The molecule has 7 rings (SSSR count). The number of aryl methyl sites for hydroxylation is 2. The third kappa shape index (κ3) is 3.90. The molecule has 216 valence electrons. The number of hydrogen-bond donors (Lipinski definition) is 0. The minimum Gasteiger partial charge on any atom is -0.486 e. The van der Waals surface area contributed by atoms with Gasteiger partial charge in [0.2, 0.25) is 5.91 Å². The third-order valence-corrected chi connectivity index (χ3v) is 9.44. The summed E-state index contributed by atoms with van der Waals surface area (Å²) in [7, 11) is 0. The molecule has 1 saturated heterocycles. The number of amides is 1. The number of ether oxygens (including phenoxy) is 1. The van der Waals surface area contributed by atoms with E-state index >= 15 is 0 Å². The van der Waals surface area contributed by atoms with Crippen LogP contribution in [0.15, 0.2) is 47.9 Å². The Morgan fingerprint density at radius 2 is 1.90 bits per heavy atom. The van der Waals surface area contributed by atoms with Crippen LogP contribution in [0.25, 0.3) is 27.8 Å². The van der Waals surface area contributed by atoms with Crippen LogP contribution in [-0.2, 0) is 11.4 Å². The summed E-state index contributed by atoms with van der Waals surface area (Å²) in [6, 6.07) is 8.57. The molecule has 1 aliphatic carbocycles. The van der Waals surface area contributed by atoms with Gasteiger partial charge < -0.3 is 14.5 Å². The van der Waals surface area contributed by atoms with Crippen LogP contribution in [0.5, 0.6) is 5.75 Å². The van der Waals surface area contributed by atoms with E-state index in [1.165, 1.54) is 22.8 Å². The normalized spacial score (nSPS) is 18.3. The topological polar surface area (TPSA) is 85.5 Å². The van der Waals surface area contributed by atoms with Gasteiger partial charge in [-0.3, -0.25) is 4.79 Å². The number of anilines is 1. The third-order valence-electron chi connectivity index (χ3n) is 9.44. The Hall–Kier alpha value is -4.40. The molecule has 4 heterocycles. The highest BCUT2D eigenvalue weighted by molar-refractivity contribution is 6.02. The molecule has 2 aromatic heterocycles. The number of aromatic nitrogens is 4. The first-order valence-electron chi connectivity index (χ1n) is 14.8. The summed E-state index contributed by atoms with van der Waals surface area (Å²) < 4.78 is 10.3. The molecule has 0 spiro atoms. The quantitative estimate of drug-likeness (QED) is 0.324. The van der Waals surface area contributed by atoms with Crippen LogP contribution < -0.4 is 15.3 Å². The van der Waals surface area contributed by atoms with Gasteiger partial charge in [0, 0.05) is 42.7 Å². The molecule has 9 heteroatoms. The Morgan fingerprint density at radius 1 is 1.10 bits per heavy atom. The molecule has 0 unspecified atom stereocenters. The van der Waals surface area contributed by atoms with Gasteiger partial charge in [0.25, 0.3) is 0 Å². The standard InChI is InChI=1S/C33H36N6O3/c1-6-27(40)36-14-15-37(21(4)17-36)32-25-16-20(3)28-29-22(5)19(2)10-11-23(29)18-42-31(28)30(25)38(33(41)35-32)26-12-13-34-39(26)24-8-7-9-24/h6,10-13,16,21,24H,1,7-9,14-15,17-18H2,2-5H3/t21-/m0/s1. The van der Waals surface area contributed by atoms with Crippen molar-refractivity contribution in [2.24, 2.45) is 0 Å². The first-order valence-corrected chi connectivity index (χ1v) is 14.8. The highest BCUT2D eigenvalue weighted by Gasteiger charge is 2.33. The molecule has 2 aromatic carbocycles. The lowest BCUT2D eigenvalue weighted by Crippen LogP contribution is -2.54. The van der Waals surface area contributed by atoms with E-state index in [2.05, 4.69) is 62.5 Å². The van der Waals surface area contributed by atoms with Gasteiger partial charge >= 0.3 is 5.69 Å². The maximum Gasteiger partial charge on any atom is 0.355 e. The van der Waals surface area contributed by atoms with Crippen LogP contribution in [0, 0.1) is 20.8 Å². The molecule has 0 N–H and O–H groups in total. The summed E-state index contributed by atoms with van der Waals surface area (Å²) in [5.74, 6) is 1.97. The number of fused-ring (bicyclic) bond motifs is 5. The fraction of sp³-hybridized carbons (Fsp3) is 0.394. The van der Waals surface area contributed by atoms with Crippen LogP contribution >= 0.6 is 0 Å². The Bertz CT molecular complexity index is 1830. The summed E-state index contributed by atoms with van der Waals surface area (Å²) in [6.45, 7) is 14.2. The monoisotopic (exact) mass is 564 g/mol. The molecular formula is C33H36N6O3. The molecule has 2 fully saturated rings. The van der Waals surface area contributed by atoms with Crippen molar-refractivity contribution in [1.29, 1.82) is 0 Å². The Labute approximate surface area is 245 Å². The van der Waals surface area contributed by atoms with Crippen LogP contribution in [0.2, 0.25) is 0 Å². The molecule has 0 radical (unpaired) electrons. The predicted octanol–water partition coefficient (Wildman–Crippen LogP) is 5.01. The summed E-state index contributed by atoms with van der Waals surface area (Å²) in [5.41, 5.74) is 7.22. The zero-order valence-electron chi connectivity index (χ0n) is 24.7. The van der Waals surface area contributed by atoms with Gasteiger partial charge in [-0.05, 0) is 86.9 Å². The van der Waals surface area contributed by atoms with Crippen molar-refractivity contribution in [2.75, 3.05) is 24.5 Å². The summed E-state index contributed by atoms with van der Waals surface area (Å²) in [6.07, 6.45) is 6.36. The number of nitrogens with zero attached hydrogens (tertiary/aromatic N) is 6. The van der Waals surface area contributed by atoms with Crippen molar-refractivity contribution in [3.05, 3.63) is 75.9 Å². The molecule has 0 bridgehead atoms. The van der Waals surface area contributed by atoms with E-state index in [1.54, 1.807) is 15.7 Å². The number of benzene rings is 2. The van der Waals surface area contributed by atoms with Crippen molar-refractivity contribution >= 4 is 22.6 Å². The summed E-state index contributed by atoms with van der Waals surface area (Å²) in [4.78, 5) is 35.3. The smallest absolute Gasteiger partial charge is 0.355 e. The molecular weight excluding hydrogens is 528 g/mol. The second kappa shape index (κ2) is 9.86. The zero-order chi connectivity index (χ0) is 29.3. The van der Waals surface area contributed by atoms with Crippen molar-refractivity contribution < 1.29 is 9.53 Å². The second-order valence-corrected chi connectivity index (χ2v) is 11.9. The highest BCUT2D eigenvalue weighted by atomic mass is 16.5. The van der Waals surface area contributed by atoms with Gasteiger partial charge in [-0.2, -0.15) is 10.1 Å². The number of hydrogen-bond acceptors (Lipinski definition) is 6. The van der Waals surface area contributed by atoms with Crippen LogP contribution in [0.1, 0.15) is 54.5 Å². The average Bonchev–Trinajstić information content (AvgIpc) is 3.41. The minimum atomic E-state index is -0.364. The lowest BCUT2D eigenvalue weighted by Gasteiger charge is -2.40. The maximum atomic E-state index is 14.2. The SMILES string of the molecule is C=CC(=O)N1CCN(c2nc(=O)n(-c3ccnn3C3CCC3)c3c4c(c(C)cc23)-c2c(ccc(C)c2C)CO4)[C@@H](C)C1. The van der Waals surface area contributed by atoms with Crippen molar-refractivity contribution in [1.82, 2.24) is 24.2 Å². The van der Waals surface area contributed by atoms with Gasteiger partial charge in [-0.25, -0.2) is 14.0 Å². The molecule has 1 amide bonds. The number of carbonyl (C=O) groups excluding carboxylic acids is 1. The predicted molar refractivity (Wildman–Crippen MR) is 164 cm³/mol.